The number of fused-ring (bicyclic) bond motifs is 6. The molecule has 0 unspecified atom stereocenters. The molecule has 2 N–H and O–H groups in total. The van der Waals surface area contributed by atoms with Crippen LogP contribution in [-0.4, -0.2) is 210 Å². The molecule has 2 aliphatic rings. The van der Waals surface area contributed by atoms with E-state index >= 15 is 0 Å². The number of ether oxygens (including phenoxy) is 15. The van der Waals surface area contributed by atoms with Crippen LogP contribution in [0.1, 0.15) is 46.9 Å². The fourth-order valence-corrected chi connectivity index (χ4v) is 8.77. The van der Waals surface area contributed by atoms with Gasteiger partial charge in [0, 0.05) is 38.1 Å². The van der Waals surface area contributed by atoms with Gasteiger partial charge in [0.2, 0.25) is 0 Å². The van der Waals surface area contributed by atoms with Gasteiger partial charge >= 0.3 is 12.2 Å². The second-order valence-corrected chi connectivity index (χ2v) is 18.2. The van der Waals surface area contributed by atoms with Crippen molar-refractivity contribution in [3.63, 3.8) is 0 Å². The fourth-order valence-electron chi connectivity index (χ4n) is 8.77. The van der Waals surface area contributed by atoms with Gasteiger partial charge in [-0.15, -0.1) is 0 Å². The predicted molar refractivity (Wildman–Crippen MR) is 296 cm³/mol. The fraction of sp³-hybridized carbons (Fsp3) is 0.567. The van der Waals surface area contributed by atoms with Gasteiger partial charge in [-0.25, -0.2) is 9.59 Å². The molecule has 2 aliphatic carbocycles. The van der Waals surface area contributed by atoms with Gasteiger partial charge in [-0.05, 0) is 57.3 Å². The minimum atomic E-state index is -0.420. The number of amides is 2. The molecule has 4 aromatic rings. The number of hydrogen-bond donors (Lipinski definition) is 2. The minimum absolute atomic E-state index is 0.0418. The van der Waals surface area contributed by atoms with Crippen molar-refractivity contribution in [2.45, 2.75) is 24.7 Å². The molecule has 0 aliphatic heterocycles. The lowest BCUT2D eigenvalue weighted by Gasteiger charge is -2.14. The van der Waals surface area contributed by atoms with Crippen LogP contribution in [0.25, 0.3) is 22.3 Å². The zero-order chi connectivity index (χ0) is 54.9. The van der Waals surface area contributed by atoms with Crippen molar-refractivity contribution in [2.24, 2.45) is 0 Å². The second-order valence-electron chi connectivity index (χ2n) is 18.2. The summed E-state index contributed by atoms with van der Waals surface area (Å²) in [5.74, 6) is 0.0836. The van der Waals surface area contributed by atoms with E-state index in [2.05, 4.69) is 59.2 Å². The van der Waals surface area contributed by atoms with E-state index in [-0.39, 0.29) is 11.8 Å². The lowest BCUT2D eigenvalue weighted by molar-refractivity contribution is -0.0290. The van der Waals surface area contributed by atoms with Gasteiger partial charge in [0.15, 0.2) is 0 Å². The molecule has 19 nitrogen and oxygen atoms in total. The zero-order valence-corrected chi connectivity index (χ0v) is 46.0. The Labute approximate surface area is 466 Å². The van der Waals surface area contributed by atoms with E-state index in [4.69, 9.17) is 71.1 Å². The number of carbonyl (C=O) groups is 2. The summed E-state index contributed by atoms with van der Waals surface area (Å²) in [6.07, 6.45) is 0.513. The number of carbonyl (C=O) groups excluding carboxylic acids is 2. The molecule has 0 bridgehead atoms. The molecule has 0 fully saturated rings. The van der Waals surface area contributed by atoms with Gasteiger partial charge in [0.25, 0.3) is 0 Å². The molecule has 0 aromatic heterocycles. The quantitative estimate of drug-likeness (QED) is 0.0426. The summed E-state index contributed by atoms with van der Waals surface area (Å²) >= 11 is 0. The Morgan fingerprint density at radius 1 is 0.278 bits per heavy atom. The van der Waals surface area contributed by atoms with Gasteiger partial charge < -0.3 is 81.7 Å². The first-order valence-corrected chi connectivity index (χ1v) is 27.9. The van der Waals surface area contributed by atoms with E-state index in [1.165, 1.54) is 44.5 Å². The second kappa shape index (κ2) is 41.0. The van der Waals surface area contributed by atoms with Crippen molar-refractivity contribution in [2.75, 3.05) is 198 Å². The molecular formula is C60H84N2O17. The monoisotopic (exact) mass is 1100 g/mol. The largest absolute Gasteiger partial charge is 0.449 e. The molecule has 0 saturated heterocycles. The number of hydrogen-bond acceptors (Lipinski definition) is 17. The van der Waals surface area contributed by atoms with E-state index < -0.39 is 12.2 Å². The first-order chi connectivity index (χ1) is 39.2. The first kappa shape index (κ1) is 63.1. The smallest absolute Gasteiger partial charge is 0.407 e. The summed E-state index contributed by atoms with van der Waals surface area (Å²) in [5, 5.41) is 5.62. The average molecular weight is 1110 g/mol. The predicted octanol–water partition coefficient (Wildman–Crippen LogP) is 7.06. The molecule has 6 rings (SSSR count). The van der Waals surface area contributed by atoms with E-state index in [1.807, 2.05) is 48.5 Å². The van der Waals surface area contributed by atoms with E-state index in [9.17, 15) is 9.59 Å². The highest BCUT2D eigenvalue weighted by Gasteiger charge is 2.30. The van der Waals surface area contributed by atoms with Crippen molar-refractivity contribution in [3.05, 3.63) is 119 Å². The van der Waals surface area contributed by atoms with Crippen LogP contribution in [-0.2, 0) is 71.1 Å². The standard InChI is InChI=1S/C60H84N2O17/c63-59(78-47-57-53-15-5-1-11-49(53)50-12-2-6-16-54(50)57)61-19-9-21-65-23-25-67-27-29-69-31-33-71-35-37-73-39-41-75-43-45-77-46-44-76-42-40-74-38-36-72-34-32-70-30-28-68-26-24-66-22-10-20-62-60(64)79-48-58-55-17-7-3-13-51(55)52-14-4-8-18-56(52)58/h1-8,11-18,57-58H,9-10,19-48H2,(H,61,63)(H,62,64). The zero-order valence-electron chi connectivity index (χ0n) is 46.0. The van der Waals surface area contributed by atoms with Gasteiger partial charge in [-0.3, -0.25) is 0 Å². The molecule has 0 radical (unpaired) electrons. The van der Waals surface area contributed by atoms with Crippen molar-refractivity contribution in [3.8, 4) is 22.3 Å². The maximum atomic E-state index is 12.3. The van der Waals surface area contributed by atoms with Crippen molar-refractivity contribution >= 4 is 12.2 Å². The Bertz CT molecular complexity index is 1990. The Morgan fingerprint density at radius 2 is 0.468 bits per heavy atom. The topological polar surface area (TPSA) is 197 Å². The number of benzene rings is 4. The number of alkyl carbamates (subject to hydrolysis) is 2. The van der Waals surface area contributed by atoms with E-state index in [1.54, 1.807) is 0 Å². The van der Waals surface area contributed by atoms with Crippen molar-refractivity contribution < 1.29 is 80.6 Å². The Morgan fingerprint density at radius 3 is 0.684 bits per heavy atom. The van der Waals surface area contributed by atoms with Crippen LogP contribution in [0, 0.1) is 0 Å². The molecule has 19 heteroatoms. The highest BCUT2D eigenvalue weighted by atomic mass is 16.6. The minimum Gasteiger partial charge on any atom is -0.449 e. The van der Waals surface area contributed by atoms with Crippen LogP contribution in [0.5, 0.6) is 0 Å². The summed E-state index contributed by atoms with van der Waals surface area (Å²) in [4.78, 5) is 24.6. The molecular weight excluding hydrogens is 1020 g/mol. The maximum absolute atomic E-state index is 12.3. The van der Waals surface area contributed by atoms with Crippen LogP contribution in [0.2, 0.25) is 0 Å². The van der Waals surface area contributed by atoms with Gasteiger partial charge in [-0.2, -0.15) is 0 Å². The van der Waals surface area contributed by atoms with Crippen LogP contribution < -0.4 is 10.6 Å². The van der Waals surface area contributed by atoms with Crippen molar-refractivity contribution in [1.29, 1.82) is 0 Å². The molecule has 4 aromatic carbocycles. The highest BCUT2D eigenvalue weighted by molar-refractivity contribution is 5.80. The third kappa shape index (κ3) is 25.1. The summed E-state index contributed by atoms with van der Waals surface area (Å²) < 4.78 is 83.3. The first-order valence-electron chi connectivity index (χ1n) is 27.9. The molecule has 0 heterocycles. The van der Waals surface area contributed by atoms with Gasteiger partial charge in [0.05, 0.1) is 159 Å². The average Bonchev–Trinajstić information content (AvgIpc) is 4.17. The Hall–Kier alpha value is -5.10. The summed E-state index contributed by atoms with van der Waals surface area (Å²) in [6, 6.07) is 33.1. The molecule has 0 spiro atoms. The Balaban J connectivity index is 0.559. The van der Waals surface area contributed by atoms with Gasteiger partial charge in [-0.1, -0.05) is 97.1 Å². The number of rotatable bonds is 48. The normalized spacial score (nSPS) is 12.6. The maximum Gasteiger partial charge on any atom is 0.407 e. The lowest BCUT2D eigenvalue weighted by Crippen LogP contribution is -2.27. The van der Waals surface area contributed by atoms with Crippen LogP contribution in [0.15, 0.2) is 97.1 Å². The van der Waals surface area contributed by atoms with Gasteiger partial charge in [0.1, 0.15) is 13.2 Å². The number of nitrogens with one attached hydrogen (secondary N) is 2. The molecule has 436 valence electrons. The molecule has 0 atom stereocenters. The third-order valence-corrected chi connectivity index (χ3v) is 12.6. The van der Waals surface area contributed by atoms with E-state index in [0.717, 1.165) is 0 Å². The summed E-state index contributed by atoms with van der Waals surface area (Å²) in [6.45, 7) is 14.0. The van der Waals surface area contributed by atoms with Crippen LogP contribution >= 0.6 is 0 Å². The molecule has 79 heavy (non-hydrogen) atoms. The summed E-state index contributed by atoms with van der Waals surface area (Å²) in [7, 11) is 0. The SMILES string of the molecule is O=C(NCCCOCCOCCOCCOCCOCCOCCOCCOCCOCCOCCOCCOCCOCCCNC(=O)OCC1c2ccccc2-c2ccccc21)OCC1c2ccccc2-c2ccccc21. The summed E-state index contributed by atoms with van der Waals surface area (Å²) in [5.41, 5.74) is 9.58. The van der Waals surface area contributed by atoms with Crippen LogP contribution in [0.4, 0.5) is 9.59 Å². The Kier molecular flexibility index (Phi) is 32.7. The molecule has 0 saturated carbocycles. The molecule has 2 amide bonds. The van der Waals surface area contributed by atoms with E-state index in [0.29, 0.717) is 211 Å². The highest BCUT2D eigenvalue weighted by Crippen LogP contribution is 2.45. The van der Waals surface area contributed by atoms with Crippen LogP contribution in [0.3, 0.4) is 0 Å². The van der Waals surface area contributed by atoms with Crippen molar-refractivity contribution in [1.82, 2.24) is 10.6 Å². The third-order valence-electron chi connectivity index (χ3n) is 12.6. The lowest BCUT2D eigenvalue weighted by atomic mass is 9.98.